The largest absolute Gasteiger partial charge is 0.299 e. The second-order valence-corrected chi connectivity index (χ2v) is 6.77. The molecule has 0 saturated carbocycles. The van der Waals surface area contributed by atoms with Crippen LogP contribution in [0, 0.1) is 17.8 Å². The molecule has 1 nitrogen and oxygen atoms in total. The molecule has 0 radical (unpaired) electrons. The van der Waals surface area contributed by atoms with Crippen LogP contribution >= 0.6 is 0 Å². The summed E-state index contributed by atoms with van der Waals surface area (Å²) in [7, 11) is 0. The number of Topliss-reactive ketones (excluding diaryl/α,β-unsaturated/α-hetero) is 1. The average Bonchev–Trinajstić information content (AvgIpc) is 2.45. The first-order valence-corrected chi connectivity index (χ1v) is 7.98. The van der Waals surface area contributed by atoms with Crippen LogP contribution < -0.4 is 0 Å². The SMILES string of the molecule is CC(C)C[C@H](Cc1ccc2ccccc2c1)C(=O)C(C)C. The minimum Gasteiger partial charge on any atom is -0.299 e. The Morgan fingerprint density at radius 2 is 1.62 bits per heavy atom. The Morgan fingerprint density at radius 3 is 2.24 bits per heavy atom. The van der Waals surface area contributed by atoms with Crippen LogP contribution in [0.5, 0.6) is 0 Å². The molecule has 0 heterocycles. The van der Waals surface area contributed by atoms with E-state index in [0.29, 0.717) is 11.7 Å². The molecule has 2 aromatic carbocycles. The maximum atomic E-state index is 12.4. The lowest BCUT2D eigenvalue weighted by Crippen LogP contribution is -2.23. The van der Waals surface area contributed by atoms with Gasteiger partial charge >= 0.3 is 0 Å². The lowest BCUT2D eigenvalue weighted by atomic mass is 9.83. The quantitative estimate of drug-likeness (QED) is 0.705. The van der Waals surface area contributed by atoms with Gasteiger partial charge < -0.3 is 0 Å². The molecule has 0 spiro atoms. The first kappa shape index (κ1) is 15.8. The molecule has 0 aliphatic carbocycles. The molecule has 0 unspecified atom stereocenters. The van der Waals surface area contributed by atoms with Gasteiger partial charge in [0.15, 0.2) is 0 Å². The van der Waals surface area contributed by atoms with Gasteiger partial charge in [-0.3, -0.25) is 4.79 Å². The van der Waals surface area contributed by atoms with Gasteiger partial charge in [0.05, 0.1) is 0 Å². The number of carbonyl (C=O) groups is 1. The molecular weight excluding hydrogens is 256 g/mol. The Hall–Kier alpha value is -1.63. The number of ketones is 1. The van der Waals surface area contributed by atoms with E-state index in [0.717, 1.165) is 12.8 Å². The zero-order valence-corrected chi connectivity index (χ0v) is 13.6. The second kappa shape index (κ2) is 6.89. The summed E-state index contributed by atoms with van der Waals surface area (Å²) in [5.74, 6) is 1.22. The zero-order valence-electron chi connectivity index (χ0n) is 13.6. The first-order chi connectivity index (χ1) is 9.97. The third kappa shape index (κ3) is 4.17. The van der Waals surface area contributed by atoms with E-state index in [2.05, 4.69) is 56.3 Å². The van der Waals surface area contributed by atoms with Crippen LogP contribution in [-0.2, 0) is 11.2 Å². The molecular formula is C20H26O. The van der Waals surface area contributed by atoms with Crippen LogP contribution in [0.1, 0.15) is 39.7 Å². The molecule has 21 heavy (non-hydrogen) atoms. The number of hydrogen-bond donors (Lipinski definition) is 0. The lowest BCUT2D eigenvalue weighted by molar-refractivity contribution is -0.126. The van der Waals surface area contributed by atoms with Gasteiger partial charge in [-0.2, -0.15) is 0 Å². The predicted molar refractivity (Wildman–Crippen MR) is 90.4 cm³/mol. The van der Waals surface area contributed by atoms with E-state index >= 15 is 0 Å². The molecule has 1 atom stereocenters. The summed E-state index contributed by atoms with van der Waals surface area (Å²) in [6, 6.07) is 15.0. The van der Waals surface area contributed by atoms with E-state index in [1.807, 2.05) is 13.8 Å². The van der Waals surface area contributed by atoms with Crippen molar-refractivity contribution in [1.82, 2.24) is 0 Å². The summed E-state index contributed by atoms with van der Waals surface area (Å²) in [5.41, 5.74) is 1.27. The highest BCUT2D eigenvalue weighted by Crippen LogP contribution is 2.24. The highest BCUT2D eigenvalue weighted by atomic mass is 16.1. The number of carbonyl (C=O) groups excluding carboxylic acids is 1. The van der Waals surface area contributed by atoms with Crippen molar-refractivity contribution in [2.75, 3.05) is 0 Å². The number of benzene rings is 2. The van der Waals surface area contributed by atoms with Crippen LogP contribution in [0.25, 0.3) is 10.8 Å². The van der Waals surface area contributed by atoms with Crippen LogP contribution in [0.15, 0.2) is 42.5 Å². The van der Waals surface area contributed by atoms with E-state index in [4.69, 9.17) is 0 Å². The fraction of sp³-hybridized carbons (Fsp3) is 0.450. The van der Waals surface area contributed by atoms with Crippen molar-refractivity contribution >= 4 is 16.6 Å². The van der Waals surface area contributed by atoms with Crippen LogP contribution in [0.2, 0.25) is 0 Å². The van der Waals surface area contributed by atoms with Crippen LogP contribution in [0.3, 0.4) is 0 Å². The van der Waals surface area contributed by atoms with Crippen molar-refractivity contribution in [3.63, 3.8) is 0 Å². The van der Waals surface area contributed by atoms with Crippen molar-refractivity contribution in [2.45, 2.75) is 40.5 Å². The normalized spacial score (nSPS) is 13.0. The summed E-state index contributed by atoms with van der Waals surface area (Å²) in [6.07, 6.45) is 1.84. The van der Waals surface area contributed by atoms with Gasteiger partial charge in [-0.15, -0.1) is 0 Å². The molecule has 1 heteroatoms. The van der Waals surface area contributed by atoms with Crippen LogP contribution in [-0.4, -0.2) is 5.78 Å². The molecule has 0 aliphatic rings. The van der Waals surface area contributed by atoms with E-state index in [-0.39, 0.29) is 11.8 Å². The summed E-state index contributed by atoms with van der Waals surface area (Å²) in [6.45, 7) is 8.41. The second-order valence-electron chi connectivity index (χ2n) is 6.77. The van der Waals surface area contributed by atoms with Crippen molar-refractivity contribution < 1.29 is 4.79 Å². The van der Waals surface area contributed by atoms with Crippen molar-refractivity contribution in [2.24, 2.45) is 17.8 Å². The van der Waals surface area contributed by atoms with E-state index in [1.165, 1.54) is 16.3 Å². The van der Waals surface area contributed by atoms with Gasteiger partial charge in [-0.1, -0.05) is 70.2 Å². The predicted octanol–water partition coefficient (Wildman–Crippen LogP) is 5.27. The molecule has 0 aromatic heterocycles. The molecule has 0 N–H and O–H groups in total. The van der Waals surface area contributed by atoms with Gasteiger partial charge in [0, 0.05) is 11.8 Å². The maximum absolute atomic E-state index is 12.4. The Morgan fingerprint density at radius 1 is 0.952 bits per heavy atom. The fourth-order valence-corrected chi connectivity index (χ4v) is 2.99. The summed E-state index contributed by atoms with van der Waals surface area (Å²) >= 11 is 0. The van der Waals surface area contributed by atoms with Crippen LogP contribution in [0.4, 0.5) is 0 Å². The Bertz CT molecular complexity index is 610. The summed E-state index contributed by atoms with van der Waals surface area (Å²) in [5, 5.41) is 2.52. The Kier molecular flexibility index (Phi) is 5.17. The highest BCUT2D eigenvalue weighted by Gasteiger charge is 2.22. The monoisotopic (exact) mass is 282 g/mol. The summed E-state index contributed by atoms with van der Waals surface area (Å²) in [4.78, 5) is 12.4. The molecule has 0 saturated heterocycles. The van der Waals surface area contributed by atoms with E-state index < -0.39 is 0 Å². The fourth-order valence-electron chi connectivity index (χ4n) is 2.99. The number of hydrogen-bond acceptors (Lipinski definition) is 1. The topological polar surface area (TPSA) is 17.1 Å². The summed E-state index contributed by atoms with van der Waals surface area (Å²) < 4.78 is 0. The Balaban J connectivity index is 2.23. The van der Waals surface area contributed by atoms with Crippen molar-refractivity contribution in [1.29, 1.82) is 0 Å². The molecule has 0 bridgehead atoms. The van der Waals surface area contributed by atoms with Crippen molar-refractivity contribution in [3.05, 3.63) is 48.0 Å². The van der Waals surface area contributed by atoms with Gasteiger partial charge in [0.25, 0.3) is 0 Å². The van der Waals surface area contributed by atoms with Gasteiger partial charge in [-0.05, 0) is 35.1 Å². The molecule has 2 aromatic rings. The molecule has 0 fully saturated rings. The highest BCUT2D eigenvalue weighted by molar-refractivity contribution is 5.84. The molecule has 2 rings (SSSR count). The van der Waals surface area contributed by atoms with Gasteiger partial charge in [0.1, 0.15) is 5.78 Å². The lowest BCUT2D eigenvalue weighted by Gasteiger charge is -2.20. The van der Waals surface area contributed by atoms with E-state index in [1.54, 1.807) is 0 Å². The van der Waals surface area contributed by atoms with Gasteiger partial charge in [-0.25, -0.2) is 0 Å². The third-order valence-corrected chi connectivity index (χ3v) is 4.02. The number of fused-ring (bicyclic) bond motifs is 1. The Labute approximate surface area is 128 Å². The van der Waals surface area contributed by atoms with E-state index in [9.17, 15) is 4.79 Å². The molecule has 0 amide bonds. The standard InChI is InChI=1S/C20H26O/c1-14(2)11-19(20(21)15(3)4)13-16-9-10-17-7-5-6-8-18(17)12-16/h5-10,12,14-15,19H,11,13H2,1-4H3/t19-/m1/s1. The molecule has 0 aliphatic heterocycles. The number of rotatable bonds is 6. The minimum absolute atomic E-state index is 0.120. The minimum atomic E-state index is 0.120. The third-order valence-electron chi connectivity index (χ3n) is 4.02. The van der Waals surface area contributed by atoms with Crippen molar-refractivity contribution in [3.8, 4) is 0 Å². The van der Waals surface area contributed by atoms with Gasteiger partial charge in [0.2, 0.25) is 0 Å². The zero-order chi connectivity index (χ0) is 15.4. The molecule has 112 valence electrons. The smallest absolute Gasteiger partial charge is 0.138 e. The first-order valence-electron chi connectivity index (χ1n) is 7.98. The maximum Gasteiger partial charge on any atom is 0.138 e. The average molecular weight is 282 g/mol.